The Morgan fingerprint density at radius 3 is 2.92 bits per heavy atom. The smallest absolute Gasteiger partial charge is 0.358 e. The summed E-state index contributed by atoms with van der Waals surface area (Å²) in [4.78, 5) is 10.4. The first-order valence-electron chi connectivity index (χ1n) is 4.37. The van der Waals surface area contributed by atoms with Crippen molar-refractivity contribution in [2.75, 3.05) is 0 Å². The molecule has 0 saturated carbocycles. The molecule has 0 aliphatic rings. The van der Waals surface area contributed by atoms with Gasteiger partial charge in [0, 0.05) is 6.54 Å². The molecule has 1 aromatic heterocycles. The van der Waals surface area contributed by atoms with E-state index in [0.29, 0.717) is 0 Å². The molecule has 0 aromatic carbocycles. The lowest BCUT2D eigenvalue weighted by atomic mass is 10.2. The van der Waals surface area contributed by atoms with Crippen LogP contribution in [-0.4, -0.2) is 26.1 Å². The maximum absolute atomic E-state index is 10.4. The molecule has 5 heteroatoms. The number of aryl methyl sites for hydroxylation is 1. The zero-order valence-electron chi connectivity index (χ0n) is 7.60. The SMILES string of the molecule is CCCCCn1cc(C(=O)O)nn1. The lowest BCUT2D eigenvalue weighted by Crippen LogP contribution is -1.98. The number of hydrogen-bond donors (Lipinski definition) is 1. The largest absolute Gasteiger partial charge is 0.476 e. The summed E-state index contributed by atoms with van der Waals surface area (Å²) >= 11 is 0. The van der Waals surface area contributed by atoms with Crippen LogP contribution in [0.25, 0.3) is 0 Å². The zero-order valence-corrected chi connectivity index (χ0v) is 7.60. The van der Waals surface area contributed by atoms with Crippen molar-refractivity contribution < 1.29 is 9.90 Å². The van der Waals surface area contributed by atoms with Gasteiger partial charge in [-0.25, -0.2) is 4.79 Å². The second kappa shape index (κ2) is 4.59. The Labute approximate surface area is 76.4 Å². The van der Waals surface area contributed by atoms with Crippen molar-refractivity contribution in [2.45, 2.75) is 32.7 Å². The van der Waals surface area contributed by atoms with Crippen LogP contribution in [0.2, 0.25) is 0 Å². The summed E-state index contributed by atoms with van der Waals surface area (Å²) in [6, 6.07) is 0. The van der Waals surface area contributed by atoms with Crippen LogP contribution in [0.15, 0.2) is 6.20 Å². The molecule has 72 valence electrons. The normalized spacial score (nSPS) is 10.2. The summed E-state index contributed by atoms with van der Waals surface area (Å²) in [5, 5.41) is 15.8. The van der Waals surface area contributed by atoms with Gasteiger partial charge in [0.25, 0.3) is 0 Å². The summed E-state index contributed by atoms with van der Waals surface area (Å²) in [5.41, 5.74) is 0.0106. The molecule has 0 saturated heterocycles. The standard InChI is InChI=1S/C8H13N3O2/c1-2-3-4-5-11-6-7(8(12)13)9-10-11/h6H,2-5H2,1H3,(H,12,13). The Bertz CT molecular complexity index is 283. The van der Waals surface area contributed by atoms with Crippen LogP contribution in [0.3, 0.4) is 0 Å². The number of carboxylic acids is 1. The van der Waals surface area contributed by atoms with Gasteiger partial charge in [0.1, 0.15) is 0 Å². The van der Waals surface area contributed by atoms with E-state index in [0.717, 1.165) is 25.8 Å². The molecule has 1 aromatic rings. The quantitative estimate of drug-likeness (QED) is 0.695. The van der Waals surface area contributed by atoms with Crippen molar-refractivity contribution in [1.82, 2.24) is 15.0 Å². The van der Waals surface area contributed by atoms with Gasteiger partial charge >= 0.3 is 5.97 Å². The Balaban J connectivity index is 2.44. The van der Waals surface area contributed by atoms with E-state index in [1.807, 2.05) is 0 Å². The third-order valence-corrected chi connectivity index (χ3v) is 1.75. The predicted molar refractivity (Wildman–Crippen MR) is 46.5 cm³/mol. The highest BCUT2D eigenvalue weighted by Gasteiger charge is 2.07. The molecule has 0 fully saturated rings. The molecule has 13 heavy (non-hydrogen) atoms. The van der Waals surface area contributed by atoms with Crippen molar-refractivity contribution in [1.29, 1.82) is 0 Å². The molecule has 0 unspecified atom stereocenters. The number of carbonyl (C=O) groups is 1. The average Bonchev–Trinajstić information content (AvgIpc) is 2.53. The second-order valence-corrected chi connectivity index (χ2v) is 2.88. The number of carboxylic acid groups (broad SMARTS) is 1. The van der Waals surface area contributed by atoms with Gasteiger partial charge in [0.15, 0.2) is 5.69 Å². The average molecular weight is 183 g/mol. The van der Waals surface area contributed by atoms with E-state index >= 15 is 0 Å². The molecule has 0 spiro atoms. The Morgan fingerprint density at radius 1 is 1.62 bits per heavy atom. The number of unbranched alkanes of at least 4 members (excludes halogenated alkanes) is 2. The summed E-state index contributed by atoms with van der Waals surface area (Å²) in [7, 11) is 0. The number of nitrogens with zero attached hydrogens (tertiary/aromatic N) is 3. The Kier molecular flexibility index (Phi) is 3.42. The van der Waals surface area contributed by atoms with Crippen molar-refractivity contribution in [3.8, 4) is 0 Å². The first-order chi connectivity index (χ1) is 6.24. The van der Waals surface area contributed by atoms with Gasteiger partial charge < -0.3 is 5.11 Å². The predicted octanol–water partition coefficient (Wildman–Crippen LogP) is 1.17. The third kappa shape index (κ3) is 2.85. The van der Waals surface area contributed by atoms with Gasteiger partial charge in [0.05, 0.1) is 6.20 Å². The van der Waals surface area contributed by atoms with E-state index < -0.39 is 5.97 Å². The van der Waals surface area contributed by atoms with Crippen LogP contribution in [0.1, 0.15) is 36.7 Å². The highest BCUT2D eigenvalue weighted by atomic mass is 16.4. The number of aromatic carboxylic acids is 1. The van der Waals surface area contributed by atoms with Gasteiger partial charge in [-0.2, -0.15) is 0 Å². The van der Waals surface area contributed by atoms with Crippen LogP contribution in [0.5, 0.6) is 0 Å². The Hall–Kier alpha value is -1.39. The number of aromatic nitrogens is 3. The van der Waals surface area contributed by atoms with Crippen molar-refractivity contribution in [3.63, 3.8) is 0 Å². The lowest BCUT2D eigenvalue weighted by molar-refractivity contribution is 0.0690. The Morgan fingerprint density at radius 2 is 2.38 bits per heavy atom. The van der Waals surface area contributed by atoms with Crippen LogP contribution >= 0.6 is 0 Å². The van der Waals surface area contributed by atoms with Gasteiger partial charge in [-0.3, -0.25) is 4.68 Å². The van der Waals surface area contributed by atoms with Gasteiger partial charge in [-0.05, 0) is 6.42 Å². The molecule has 0 bridgehead atoms. The molecular weight excluding hydrogens is 170 g/mol. The van der Waals surface area contributed by atoms with Gasteiger partial charge in [-0.1, -0.05) is 25.0 Å². The molecule has 0 amide bonds. The fourth-order valence-corrected chi connectivity index (χ4v) is 1.03. The minimum atomic E-state index is -1.03. The molecule has 5 nitrogen and oxygen atoms in total. The summed E-state index contributed by atoms with van der Waals surface area (Å²) in [5.74, 6) is -1.03. The molecular formula is C8H13N3O2. The summed E-state index contributed by atoms with van der Waals surface area (Å²) in [6.07, 6.45) is 4.74. The summed E-state index contributed by atoms with van der Waals surface area (Å²) in [6.45, 7) is 2.86. The highest BCUT2D eigenvalue weighted by Crippen LogP contribution is 1.98. The lowest BCUT2D eigenvalue weighted by Gasteiger charge is -1.96. The fraction of sp³-hybridized carbons (Fsp3) is 0.625. The molecule has 1 heterocycles. The minimum absolute atomic E-state index is 0.0106. The van der Waals surface area contributed by atoms with Crippen LogP contribution in [0.4, 0.5) is 0 Å². The zero-order chi connectivity index (χ0) is 9.68. The number of rotatable bonds is 5. The van der Waals surface area contributed by atoms with Crippen molar-refractivity contribution in [2.24, 2.45) is 0 Å². The van der Waals surface area contributed by atoms with Crippen LogP contribution in [-0.2, 0) is 6.54 Å². The van der Waals surface area contributed by atoms with E-state index in [1.54, 1.807) is 4.68 Å². The van der Waals surface area contributed by atoms with E-state index in [-0.39, 0.29) is 5.69 Å². The minimum Gasteiger partial charge on any atom is -0.476 e. The van der Waals surface area contributed by atoms with E-state index in [2.05, 4.69) is 17.2 Å². The maximum atomic E-state index is 10.4. The van der Waals surface area contributed by atoms with Crippen molar-refractivity contribution >= 4 is 5.97 Å². The molecule has 0 atom stereocenters. The third-order valence-electron chi connectivity index (χ3n) is 1.75. The summed E-state index contributed by atoms with van der Waals surface area (Å²) < 4.78 is 1.57. The second-order valence-electron chi connectivity index (χ2n) is 2.88. The van der Waals surface area contributed by atoms with Crippen LogP contribution < -0.4 is 0 Å². The fourth-order valence-electron chi connectivity index (χ4n) is 1.03. The van der Waals surface area contributed by atoms with Crippen LogP contribution in [0, 0.1) is 0 Å². The topological polar surface area (TPSA) is 68.0 Å². The molecule has 1 N–H and O–H groups in total. The molecule has 0 radical (unpaired) electrons. The van der Waals surface area contributed by atoms with E-state index in [9.17, 15) is 4.79 Å². The molecule has 0 aliphatic heterocycles. The highest BCUT2D eigenvalue weighted by molar-refractivity contribution is 5.84. The molecule has 1 rings (SSSR count). The number of hydrogen-bond acceptors (Lipinski definition) is 3. The first kappa shape index (κ1) is 9.70. The van der Waals surface area contributed by atoms with Crippen molar-refractivity contribution in [3.05, 3.63) is 11.9 Å². The maximum Gasteiger partial charge on any atom is 0.358 e. The first-order valence-corrected chi connectivity index (χ1v) is 4.37. The molecule has 0 aliphatic carbocycles. The van der Waals surface area contributed by atoms with E-state index in [4.69, 9.17) is 5.11 Å². The van der Waals surface area contributed by atoms with Gasteiger partial charge in [0.2, 0.25) is 0 Å². The van der Waals surface area contributed by atoms with Gasteiger partial charge in [-0.15, -0.1) is 5.10 Å². The monoisotopic (exact) mass is 183 g/mol. The van der Waals surface area contributed by atoms with E-state index in [1.165, 1.54) is 6.20 Å².